The first-order valence-electron chi connectivity index (χ1n) is 12.4. The smallest absolute Gasteiger partial charge is 0.274 e. The van der Waals surface area contributed by atoms with E-state index in [1.54, 1.807) is 23.7 Å². The number of likely N-dealkylation sites (tertiary alicyclic amines) is 1. The summed E-state index contributed by atoms with van der Waals surface area (Å²) in [6, 6.07) is 11.1. The van der Waals surface area contributed by atoms with Crippen molar-refractivity contribution < 1.29 is 14.0 Å². The molecule has 0 bridgehead atoms. The van der Waals surface area contributed by atoms with Crippen molar-refractivity contribution in [2.75, 3.05) is 13.1 Å². The number of amides is 2. The number of hydrogen-bond donors (Lipinski definition) is 1. The fourth-order valence-electron chi connectivity index (χ4n) is 5.00. The maximum atomic E-state index is 13.9. The predicted molar refractivity (Wildman–Crippen MR) is 141 cm³/mol. The largest absolute Gasteiger partial charge is 0.463 e. The van der Waals surface area contributed by atoms with Crippen molar-refractivity contribution in [3.05, 3.63) is 64.1 Å². The number of thiazole rings is 1. The van der Waals surface area contributed by atoms with Gasteiger partial charge in [-0.1, -0.05) is 23.7 Å². The zero-order valence-corrected chi connectivity index (χ0v) is 21.6. The van der Waals surface area contributed by atoms with Gasteiger partial charge in [0.2, 0.25) is 0 Å². The predicted octanol–water partition coefficient (Wildman–Crippen LogP) is 5.85. The second-order valence-electron chi connectivity index (χ2n) is 9.63. The maximum Gasteiger partial charge on any atom is 0.274 e. The molecule has 3 aromatic heterocycles. The molecule has 6 rings (SSSR count). The van der Waals surface area contributed by atoms with Gasteiger partial charge in [0, 0.05) is 49.3 Å². The minimum absolute atomic E-state index is 0.0662. The minimum Gasteiger partial charge on any atom is -0.463 e. The van der Waals surface area contributed by atoms with Gasteiger partial charge in [-0.3, -0.25) is 9.59 Å². The highest BCUT2D eigenvalue weighted by molar-refractivity contribution is 7.15. The van der Waals surface area contributed by atoms with Gasteiger partial charge in [0.1, 0.15) is 11.4 Å². The fraction of sp³-hybridized carbons (Fsp3) is 0.370. The van der Waals surface area contributed by atoms with E-state index in [1.165, 1.54) is 0 Å². The van der Waals surface area contributed by atoms with Crippen LogP contribution in [0.4, 0.5) is 0 Å². The van der Waals surface area contributed by atoms with Crippen molar-refractivity contribution in [1.29, 1.82) is 0 Å². The Morgan fingerprint density at radius 1 is 1.19 bits per heavy atom. The number of aryl methyl sites for hydroxylation is 1. The van der Waals surface area contributed by atoms with Crippen LogP contribution in [-0.2, 0) is 7.05 Å². The lowest BCUT2D eigenvalue weighted by atomic mass is 10.0. The highest BCUT2D eigenvalue weighted by atomic mass is 35.5. The van der Waals surface area contributed by atoms with Gasteiger partial charge in [-0.05, 0) is 49.8 Å². The molecular formula is C27H27ClN4O3S. The number of benzene rings is 1. The van der Waals surface area contributed by atoms with Crippen LogP contribution in [0.3, 0.4) is 0 Å². The average Bonchev–Trinajstić information content (AvgIpc) is 3.33. The van der Waals surface area contributed by atoms with Crippen LogP contribution in [-0.4, -0.2) is 45.4 Å². The number of halogens is 1. The van der Waals surface area contributed by atoms with E-state index < -0.39 is 0 Å². The summed E-state index contributed by atoms with van der Waals surface area (Å²) < 4.78 is 7.26. The Balaban J connectivity index is 1.24. The van der Waals surface area contributed by atoms with E-state index in [-0.39, 0.29) is 17.9 Å². The van der Waals surface area contributed by atoms with Gasteiger partial charge in [-0.15, -0.1) is 11.3 Å². The summed E-state index contributed by atoms with van der Waals surface area (Å²) >= 11 is 7.88. The van der Waals surface area contributed by atoms with Gasteiger partial charge >= 0.3 is 0 Å². The highest BCUT2D eigenvalue weighted by Crippen LogP contribution is 2.45. The first kappa shape index (κ1) is 23.3. The molecule has 1 N–H and O–H groups in total. The van der Waals surface area contributed by atoms with Crippen LogP contribution in [0, 0.1) is 0 Å². The van der Waals surface area contributed by atoms with Crippen LogP contribution in [0.5, 0.6) is 0 Å². The van der Waals surface area contributed by atoms with Crippen molar-refractivity contribution in [3.63, 3.8) is 0 Å². The molecule has 1 saturated carbocycles. The van der Waals surface area contributed by atoms with Gasteiger partial charge in [-0.25, -0.2) is 4.98 Å². The molecule has 1 aliphatic heterocycles. The normalized spacial score (nSPS) is 18.1. The van der Waals surface area contributed by atoms with E-state index in [0.717, 1.165) is 53.1 Å². The third kappa shape index (κ3) is 4.33. The quantitative estimate of drug-likeness (QED) is 0.344. The second-order valence-corrected chi connectivity index (χ2v) is 11.1. The lowest BCUT2D eigenvalue weighted by molar-refractivity contribution is 0.0597. The van der Waals surface area contributed by atoms with E-state index in [4.69, 9.17) is 21.0 Å². The lowest BCUT2D eigenvalue weighted by Gasteiger charge is -2.35. The van der Waals surface area contributed by atoms with E-state index in [9.17, 15) is 9.59 Å². The number of furan rings is 1. The lowest BCUT2D eigenvalue weighted by Crippen LogP contribution is -2.49. The third-order valence-electron chi connectivity index (χ3n) is 7.14. The molecular weight excluding hydrogens is 496 g/mol. The van der Waals surface area contributed by atoms with Crippen LogP contribution in [0.2, 0.25) is 5.02 Å². The topological polar surface area (TPSA) is 80.4 Å². The Kier molecular flexibility index (Phi) is 6.09. The van der Waals surface area contributed by atoms with E-state index >= 15 is 0 Å². The Labute approximate surface area is 218 Å². The van der Waals surface area contributed by atoms with Crippen LogP contribution in [0.25, 0.3) is 21.5 Å². The summed E-state index contributed by atoms with van der Waals surface area (Å²) in [5, 5.41) is 4.72. The molecule has 9 heteroatoms. The number of nitrogens with one attached hydrogen (secondary N) is 1. The average molecular weight is 523 g/mol. The van der Waals surface area contributed by atoms with E-state index in [1.807, 2.05) is 46.8 Å². The number of rotatable bonds is 6. The molecule has 0 unspecified atom stereocenters. The monoisotopic (exact) mass is 522 g/mol. The Morgan fingerprint density at radius 2 is 2.06 bits per heavy atom. The number of aromatic nitrogens is 2. The molecule has 2 amide bonds. The van der Waals surface area contributed by atoms with Gasteiger partial charge in [0.15, 0.2) is 5.58 Å². The molecule has 1 atom stereocenters. The van der Waals surface area contributed by atoms with Gasteiger partial charge in [0.25, 0.3) is 11.8 Å². The molecule has 4 aromatic rings. The Hall–Kier alpha value is -3.10. The molecule has 186 valence electrons. The first-order valence-corrected chi connectivity index (χ1v) is 13.6. The molecule has 7 nitrogen and oxygen atoms in total. The van der Waals surface area contributed by atoms with Crippen molar-refractivity contribution in [2.24, 2.45) is 7.05 Å². The standard InChI is InChI=1S/C27H27ClN4O3S/c1-31-20-10-12-35-22(20)14-21(31)25(33)29-15-19-7-2-3-11-32(19)27(34)23-24(17-5-4-6-18(28)13-17)36-26(30-23)16-8-9-16/h4-6,10,12-14,16,19H,2-3,7-9,11,15H2,1H3,(H,29,33)/t19-/m0/s1. The molecule has 36 heavy (non-hydrogen) atoms. The van der Waals surface area contributed by atoms with Gasteiger partial charge < -0.3 is 19.2 Å². The fourth-order valence-corrected chi connectivity index (χ4v) is 6.41. The van der Waals surface area contributed by atoms with Crippen LogP contribution >= 0.6 is 22.9 Å². The molecule has 0 spiro atoms. The summed E-state index contributed by atoms with van der Waals surface area (Å²) in [5.41, 5.74) is 3.52. The first-order chi connectivity index (χ1) is 17.5. The number of carbonyl (C=O) groups is 2. The van der Waals surface area contributed by atoms with Gasteiger partial charge in [0.05, 0.1) is 21.7 Å². The second kappa shape index (κ2) is 9.41. The summed E-state index contributed by atoms with van der Waals surface area (Å²) in [5.74, 6) is 0.214. The van der Waals surface area contributed by atoms with Crippen LogP contribution < -0.4 is 5.32 Å². The highest BCUT2D eigenvalue weighted by Gasteiger charge is 2.34. The van der Waals surface area contributed by atoms with Crippen molar-refractivity contribution >= 4 is 45.9 Å². The van der Waals surface area contributed by atoms with Crippen LogP contribution in [0.15, 0.2) is 47.1 Å². The molecule has 2 fully saturated rings. The summed E-state index contributed by atoms with van der Waals surface area (Å²) in [6.07, 6.45) is 6.66. The number of piperidine rings is 1. The third-order valence-corrected chi connectivity index (χ3v) is 8.64. The van der Waals surface area contributed by atoms with Crippen molar-refractivity contribution in [1.82, 2.24) is 19.8 Å². The SMILES string of the molecule is Cn1c(C(=O)NC[C@@H]2CCCCN2C(=O)c2nc(C3CC3)sc2-c2cccc(Cl)c2)cc2occc21. The number of carbonyl (C=O) groups excluding carboxylic acids is 2. The van der Waals surface area contributed by atoms with Gasteiger partial charge in [-0.2, -0.15) is 0 Å². The number of hydrogen-bond acceptors (Lipinski definition) is 5. The molecule has 4 heterocycles. The summed E-state index contributed by atoms with van der Waals surface area (Å²) in [6.45, 7) is 1.05. The number of nitrogens with zero attached hydrogens (tertiary/aromatic N) is 3. The molecule has 1 aliphatic carbocycles. The molecule has 1 aromatic carbocycles. The zero-order valence-electron chi connectivity index (χ0n) is 20.0. The summed E-state index contributed by atoms with van der Waals surface area (Å²) in [4.78, 5) is 34.5. The molecule has 0 radical (unpaired) electrons. The number of fused-ring (bicyclic) bond motifs is 1. The zero-order chi connectivity index (χ0) is 24.8. The summed E-state index contributed by atoms with van der Waals surface area (Å²) in [7, 11) is 1.85. The molecule has 2 aliphatic rings. The van der Waals surface area contributed by atoms with Crippen molar-refractivity contribution in [2.45, 2.75) is 44.1 Å². The minimum atomic E-state index is -0.175. The van der Waals surface area contributed by atoms with E-state index in [0.29, 0.717) is 41.0 Å². The van der Waals surface area contributed by atoms with E-state index in [2.05, 4.69) is 5.32 Å². The van der Waals surface area contributed by atoms with Crippen LogP contribution in [0.1, 0.15) is 64.0 Å². The Morgan fingerprint density at radius 3 is 2.83 bits per heavy atom. The maximum absolute atomic E-state index is 13.9. The molecule has 1 saturated heterocycles. The Bertz CT molecular complexity index is 1450. The van der Waals surface area contributed by atoms with Crippen molar-refractivity contribution in [3.8, 4) is 10.4 Å².